The first kappa shape index (κ1) is 13.6. The van der Waals surface area contributed by atoms with Gasteiger partial charge in [-0.25, -0.2) is 0 Å². The average molecular weight is 214 g/mol. The highest BCUT2D eigenvalue weighted by molar-refractivity contribution is 7.07. The lowest BCUT2D eigenvalue weighted by Gasteiger charge is -2.04. The van der Waals surface area contributed by atoms with Crippen molar-refractivity contribution in [2.75, 3.05) is 6.54 Å². The molecule has 1 heterocycles. The van der Waals surface area contributed by atoms with Gasteiger partial charge in [-0.1, -0.05) is 19.8 Å². The number of aryl methyl sites for hydroxylation is 1. The largest absolute Gasteiger partial charge is 0.329 e. The summed E-state index contributed by atoms with van der Waals surface area (Å²) in [6.07, 6.45) is 3.50. The number of hydrogen-bond donors (Lipinski definition) is 2. The van der Waals surface area contributed by atoms with Crippen molar-refractivity contribution in [2.24, 2.45) is 11.5 Å². The summed E-state index contributed by atoms with van der Waals surface area (Å²) in [6, 6.07) is 2.33. The van der Waals surface area contributed by atoms with Crippen molar-refractivity contribution in [3.63, 3.8) is 0 Å². The Bertz CT molecular complexity index is 197. The quantitative estimate of drug-likeness (QED) is 0.809. The van der Waals surface area contributed by atoms with Gasteiger partial charge in [-0.05, 0) is 35.7 Å². The zero-order valence-electron chi connectivity index (χ0n) is 9.20. The third kappa shape index (κ3) is 8.23. The van der Waals surface area contributed by atoms with Crippen LogP contribution < -0.4 is 11.5 Å². The predicted octanol–water partition coefficient (Wildman–Crippen LogP) is 2.52. The van der Waals surface area contributed by atoms with Crippen LogP contribution in [0.25, 0.3) is 0 Å². The standard InChI is InChI=1S/C6H16N2.C5H6S/c1-2-3-4-6(8)5-7;1-5-2-3-6-4-5/h6H,2-5,7-8H2,1H3;2-4H,1H3. The minimum Gasteiger partial charge on any atom is -0.329 e. The van der Waals surface area contributed by atoms with Gasteiger partial charge < -0.3 is 11.5 Å². The van der Waals surface area contributed by atoms with Gasteiger partial charge in [0, 0.05) is 12.6 Å². The molecule has 1 aromatic rings. The molecule has 0 fully saturated rings. The van der Waals surface area contributed by atoms with Gasteiger partial charge in [-0.2, -0.15) is 11.3 Å². The average Bonchev–Trinajstić information content (AvgIpc) is 2.66. The van der Waals surface area contributed by atoms with Gasteiger partial charge in [0.1, 0.15) is 0 Å². The molecule has 0 bridgehead atoms. The molecule has 1 atom stereocenters. The molecule has 0 aliphatic rings. The minimum atomic E-state index is 0.231. The molecule has 1 unspecified atom stereocenters. The molecule has 1 rings (SSSR count). The topological polar surface area (TPSA) is 52.0 Å². The van der Waals surface area contributed by atoms with Crippen LogP contribution in [0.3, 0.4) is 0 Å². The van der Waals surface area contributed by atoms with Crippen molar-refractivity contribution in [1.82, 2.24) is 0 Å². The molecule has 3 heteroatoms. The van der Waals surface area contributed by atoms with Crippen LogP contribution in [0, 0.1) is 6.92 Å². The van der Waals surface area contributed by atoms with Crippen molar-refractivity contribution >= 4 is 11.3 Å². The molecular formula is C11H22N2S. The number of hydrogen-bond acceptors (Lipinski definition) is 3. The second-order valence-electron chi connectivity index (χ2n) is 3.44. The highest BCUT2D eigenvalue weighted by Gasteiger charge is 1.95. The first-order valence-electron chi connectivity index (χ1n) is 5.15. The molecule has 0 saturated heterocycles. The van der Waals surface area contributed by atoms with E-state index in [1.165, 1.54) is 18.4 Å². The van der Waals surface area contributed by atoms with Gasteiger partial charge in [-0.3, -0.25) is 0 Å². The molecule has 1 aromatic heterocycles. The minimum absolute atomic E-state index is 0.231. The van der Waals surface area contributed by atoms with E-state index >= 15 is 0 Å². The highest BCUT2D eigenvalue weighted by atomic mass is 32.1. The molecule has 0 amide bonds. The summed E-state index contributed by atoms with van der Waals surface area (Å²) in [5.41, 5.74) is 12.2. The molecule has 0 radical (unpaired) electrons. The molecule has 0 aliphatic heterocycles. The third-order valence-corrected chi connectivity index (χ3v) is 2.70. The Morgan fingerprint density at radius 2 is 2.21 bits per heavy atom. The summed E-state index contributed by atoms with van der Waals surface area (Å²) in [4.78, 5) is 0. The van der Waals surface area contributed by atoms with Crippen LogP contribution in [-0.2, 0) is 0 Å². The van der Waals surface area contributed by atoms with E-state index in [1.54, 1.807) is 11.3 Å². The Labute approximate surface area is 91.3 Å². The number of thiophene rings is 1. The van der Waals surface area contributed by atoms with E-state index in [-0.39, 0.29) is 6.04 Å². The van der Waals surface area contributed by atoms with Crippen LogP contribution in [-0.4, -0.2) is 12.6 Å². The zero-order valence-corrected chi connectivity index (χ0v) is 10.0. The van der Waals surface area contributed by atoms with Crippen molar-refractivity contribution in [1.29, 1.82) is 0 Å². The van der Waals surface area contributed by atoms with Crippen molar-refractivity contribution in [2.45, 2.75) is 39.2 Å². The maximum atomic E-state index is 5.53. The van der Waals surface area contributed by atoms with Crippen LogP contribution in [0.5, 0.6) is 0 Å². The first-order chi connectivity index (χ1) is 6.70. The van der Waals surface area contributed by atoms with E-state index in [2.05, 4.69) is 30.7 Å². The van der Waals surface area contributed by atoms with Crippen molar-refractivity contribution in [3.05, 3.63) is 22.4 Å². The molecule has 0 spiro atoms. The van der Waals surface area contributed by atoms with E-state index in [0.717, 1.165) is 6.42 Å². The van der Waals surface area contributed by atoms with Gasteiger partial charge in [0.15, 0.2) is 0 Å². The maximum Gasteiger partial charge on any atom is 0.0163 e. The molecular weight excluding hydrogens is 192 g/mol. The monoisotopic (exact) mass is 214 g/mol. The number of nitrogens with two attached hydrogens (primary N) is 2. The smallest absolute Gasteiger partial charge is 0.0163 e. The molecule has 0 aliphatic carbocycles. The second kappa shape index (κ2) is 9.19. The van der Waals surface area contributed by atoms with Crippen LogP contribution in [0.2, 0.25) is 0 Å². The summed E-state index contributed by atoms with van der Waals surface area (Å²) < 4.78 is 0. The molecule has 82 valence electrons. The lowest BCUT2D eigenvalue weighted by atomic mass is 10.1. The van der Waals surface area contributed by atoms with Gasteiger partial charge in [0.05, 0.1) is 0 Å². The van der Waals surface area contributed by atoms with Crippen LogP contribution >= 0.6 is 11.3 Å². The molecule has 0 saturated carbocycles. The summed E-state index contributed by atoms with van der Waals surface area (Å²) in [6.45, 7) is 4.87. The Balaban J connectivity index is 0.000000249. The van der Waals surface area contributed by atoms with E-state index in [9.17, 15) is 0 Å². The third-order valence-electron chi connectivity index (χ3n) is 1.89. The van der Waals surface area contributed by atoms with Gasteiger partial charge >= 0.3 is 0 Å². The van der Waals surface area contributed by atoms with E-state index in [4.69, 9.17) is 11.5 Å². The van der Waals surface area contributed by atoms with Gasteiger partial charge in [0.2, 0.25) is 0 Å². The number of rotatable bonds is 4. The Kier molecular flexibility index (Phi) is 8.94. The summed E-state index contributed by atoms with van der Waals surface area (Å²) in [5.74, 6) is 0. The van der Waals surface area contributed by atoms with Gasteiger partial charge in [0.25, 0.3) is 0 Å². The normalized spacial score (nSPS) is 11.7. The van der Waals surface area contributed by atoms with E-state index in [0.29, 0.717) is 6.54 Å². The predicted molar refractivity (Wildman–Crippen MR) is 65.6 cm³/mol. The maximum absolute atomic E-state index is 5.53. The molecule has 4 N–H and O–H groups in total. The van der Waals surface area contributed by atoms with E-state index < -0.39 is 0 Å². The molecule has 0 aromatic carbocycles. The summed E-state index contributed by atoms with van der Waals surface area (Å²) >= 11 is 1.74. The lowest BCUT2D eigenvalue weighted by molar-refractivity contribution is 0.584. The van der Waals surface area contributed by atoms with Gasteiger partial charge in [-0.15, -0.1) is 0 Å². The van der Waals surface area contributed by atoms with Crippen molar-refractivity contribution < 1.29 is 0 Å². The Morgan fingerprint density at radius 3 is 2.50 bits per heavy atom. The fraction of sp³-hybridized carbons (Fsp3) is 0.636. The summed E-state index contributed by atoms with van der Waals surface area (Å²) in [5, 5.41) is 4.20. The molecule has 14 heavy (non-hydrogen) atoms. The van der Waals surface area contributed by atoms with E-state index in [1.807, 2.05) is 0 Å². The Hall–Kier alpha value is -0.380. The van der Waals surface area contributed by atoms with Crippen LogP contribution in [0.15, 0.2) is 16.8 Å². The Morgan fingerprint density at radius 1 is 1.50 bits per heavy atom. The number of unbranched alkanes of at least 4 members (excludes halogenated alkanes) is 1. The molecule has 2 nitrogen and oxygen atoms in total. The fourth-order valence-corrected chi connectivity index (χ4v) is 1.58. The highest BCUT2D eigenvalue weighted by Crippen LogP contribution is 2.01. The summed E-state index contributed by atoms with van der Waals surface area (Å²) in [7, 11) is 0. The lowest BCUT2D eigenvalue weighted by Crippen LogP contribution is -2.29. The second-order valence-corrected chi connectivity index (χ2v) is 4.22. The van der Waals surface area contributed by atoms with Crippen molar-refractivity contribution in [3.8, 4) is 0 Å². The first-order valence-corrected chi connectivity index (χ1v) is 6.09. The van der Waals surface area contributed by atoms with Crippen LogP contribution in [0.4, 0.5) is 0 Å². The zero-order chi connectivity index (χ0) is 10.8. The van der Waals surface area contributed by atoms with Crippen LogP contribution in [0.1, 0.15) is 31.7 Å². The fourth-order valence-electron chi connectivity index (χ4n) is 0.917. The SMILES string of the molecule is CCCCC(N)CN.Cc1ccsc1.